The highest BCUT2D eigenvalue weighted by molar-refractivity contribution is 5.80. The van der Waals surface area contributed by atoms with Gasteiger partial charge in [-0.1, -0.05) is 0 Å². The van der Waals surface area contributed by atoms with Gasteiger partial charge in [0.1, 0.15) is 0 Å². The summed E-state index contributed by atoms with van der Waals surface area (Å²) in [6.45, 7) is 4.97. The topological polar surface area (TPSA) is 67.4 Å². The van der Waals surface area contributed by atoms with Crippen LogP contribution >= 0.6 is 0 Å². The molecule has 2 N–H and O–H groups in total. The molecule has 1 fully saturated rings. The number of hydrogen-bond donors (Lipinski definition) is 2. The van der Waals surface area contributed by atoms with Gasteiger partial charge >= 0.3 is 5.97 Å². The van der Waals surface area contributed by atoms with E-state index in [0.29, 0.717) is 13.1 Å². The number of ether oxygens (including phenoxy) is 1. The SMILES string of the molecule is CC(C)OC(=O)CNCCNC(=O)C1CC1. The van der Waals surface area contributed by atoms with Crippen LogP contribution in [0.25, 0.3) is 0 Å². The van der Waals surface area contributed by atoms with Crippen molar-refractivity contribution in [2.45, 2.75) is 32.8 Å². The Hall–Kier alpha value is -1.10. The molecule has 92 valence electrons. The molecule has 0 radical (unpaired) electrons. The largest absolute Gasteiger partial charge is 0.462 e. The van der Waals surface area contributed by atoms with Gasteiger partial charge in [0.15, 0.2) is 0 Å². The van der Waals surface area contributed by atoms with Crippen molar-refractivity contribution in [1.29, 1.82) is 0 Å². The first-order valence-electron chi connectivity index (χ1n) is 5.77. The number of nitrogens with one attached hydrogen (secondary N) is 2. The van der Waals surface area contributed by atoms with Crippen LogP contribution in [0.3, 0.4) is 0 Å². The molecule has 0 saturated heterocycles. The van der Waals surface area contributed by atoms with E-state index in [1.165, 1.54) is 0 Å². The summed E-state index contributed by atoms with van der Waals surface area (Å²) in [5.74, 6) is 0.112. The van der Waals surface area contributed by atoms with Crippen molar-refractivity contribution in [1.82, 2.24) is 10.6 Å². The molecule has 5 nitrogen and oxygen atoms in total. The van der Waals surface area contributed by atoms with Crippen LogP contribution < -0.4 is 10.6 Å². The molecule has 0 aromatic heterocycles. The maximum Gasteiger partial charge on any atom is 0.320 e. The first-order valence-corrected chi connectivity index (χ1v) is 5.77. The summed E-state index contributed by atoms with van der Waals surface area (Å²) in [6, 6.07) is 0. The smallest absolute Gasteiger partial charge is 0.320 e. The molecule has 16 heavy (non-hydrogen) atoms. The maximum absolute atomic E-state index is 11.2. The molecule has 0 aliphatic heterocycles. The Morgan fingerprint density at radius 1 is 1.31 bits per heavy atom. The lowest BCUT2D eigenvalue weighted by atomic mass is 10.4. The number of esters is 1. The second kappa shape index (κ2) is 6.48. The van der Waals surface area contributed by atoms with E-state index in [2.05, 4.69) is 10.6 Å². The van der Waals surface area contributed by atoms with Gasteiger partial charge in [0.05, 0.1) is 12.6 Å². The monoisotopic (exact) mass is 228 g/mol. The molecule has 0 spiro atoms. The Morgan fingerprint density at radius 3 is 2.56 bits per heavy atom. The highest BCUT2D eigenvalue weighted by atomic mass is 16.5. The molecule has 0 aromatic carbocycles. The van der Waals surface area contributed by atoms with E-state index >= 15 is 0 Å². The summed E-state index contributed by atoms with van der Waals surface area (Å²) in [5.41, 5.74) is 0. The lowest BCUT2D eigenvalue weighted by molar-refractivity contribution is -0.146. The minimum absolute atomic E-state index is 0.0798. The van der Waals surface area contributed by atoms with Crippen molar-refractivity contribution in [3.63, 3.8) is 0 Å². The maximum atomic E-state index is 11.2. The third-order valence-corrected chi connectivity index (χ3v) is 2.19. The number of carbonyl (C=O) groups excluding carboxylic acids is 2. The predicted octanol–water partition coefficient (Wildman–Crippen LogP) is 0.0538. The molecule has 0 heterocycles. The fraction of sp³-hybridized carbons (Fsp3) is 0.818. The van der Waals surface area contributed by atoms with E-state index in [4.69, 9.17) is 4.74 Å². The van der Waals surface area contributed by atoms with Gasteiger partial charge in [0.25, 0.3) is 0 Å². The first kappa shape index (κ1) is 13.0. The lowest BCUT2D eigenvalue weighted by Crippen LogP contribution is -2.35. The van der Waals surface area contributed by atoms with E-state index < -0.39 is 0 Å². The van der Waals surface area contributed by atoms with E-state index in [0.717, 1.165) is 12.8 Å². The Labute approximate surface area is 95.9 Å². The molecule has 0 unspecified atom stereocenters. The molecule has 0 bridgehead atoms. The Balaban J connectivity index is 1.91. The van der Waals surface area contributed by atoms with Gasteiger partial charge in [0, 0.05) is 19.0 Å². The van der Waals surface area contributed by atoms with Crippen LogP contribution in [0.5, 0.6) is 0 Å². The Kier molecular flexibility index (Phi) is 5.25. The van der Waals surface area contributed by atoms with Crippen molar-refractivity contribution in [3.05, 3.63) is 0 Å². The quantitative estimate of drug-likeness (QED) is 0.477. The number of rotatable bonds is 7. The van der Waals surface area contributed by atoms with Crippen molar-refractivity contribution in [3.8, 4) is 0 Å². The third-order valence-electron chi connectivity index (χ3n) is 2.19. The summed E-state index contributed by atoms with van der Waals surface area (Å²) >= 11 is 0. The van der Waals surface area contributed by atoms with Crippen molar-refractivity contribution in [2.24, 2.45) is 5.92 Å². The van der Waals surface area contributed by atoms with Crippen LogP contribution in [-0.2, 0) is 14.3 Å². The zero-order valence-corrected chi connectivity index (χ0v) is 9.91. The van der Waals surface area contributed by atoms with Gasteiger partial charge in [0.2, 0.25) is 5.91 Å². The fourth-order valence-corrected chi connectivity index (χ4v) is 1.26. The Bertz CT molecular complexity index is 250. The van der Waals surface area contributed by atoms with Crippen LogP contribution in [0, 0.1) is 5.92 Å². The second-order valence-electron chi connectivity index (χ2n) is 4.28. The summed E-state index contributed by atoms with van der Waals surface area (Å²) in [5, 5.41) is 5.72. The van der Waals surface area contributed by atoms with Crippen LogP contribution in [0.4, 0.5) is 0 Å². The van der Waals surface area contributed by atoms with Crippen molar-refractivity contribution in [2.75, 3.05) is 19.6 Å². The highest BCUT2D eigenvalue weighted by Gasteiger charge is 2.28. The van der Waals surface area contributed by atoms with Crippen LogP contribution in [-0.4, -0.2) is 37.6 Å². The Morgan fingerprint density at radius 2 is 2.00 bits per heavy atom. The minimum atomic E-state index is -0.261. The molecule has 1 aliphatic rings. The molecule has 1 saturated carbocycles. The van der Waals surface area contributed by atoms with Crippen LogP contribution in [0.2, 0.25) is 0 Å². The summed E-state index contributed by atoms with van der Waals surface area (Å²) in [4.78, 5) is 22.3. The normalized spacial score (nSPS) is 14.9. The van der Waals surface area contributed by atoms with Crippen LogP contribution in [0.15, 0.2) is 0 Å². The summed E-state index contributed by atoms with van der Waals surface area (Å²) in [6.07, 6.45) is 1.95. The third kappa shape index (κ3) is 5.70. The zero-order valence-electron chi connectivity index (χ0n) is 9.91. The van der Waals surface area contributed by atoms with E-state index in [1.54, 1.807) is 0 Å². The highest BCUT2D eigenvalue weighted by Crippen LogP contribution is 2.28. The average molecular weight is 228 g/mol. The summed E-state index contributed by atoms with van der Waals surface area (Å²) in [7, 11) is 0. The van der Waals surface area contributed by atoms with Gasteiger partial charge in [-0.3, -0.25) is 9.59 Å². The first-order chi connectivity index (χ1) is 7.59. The lowest BCUT2D eigenvalue weighted by Gasteiger charge is -2.09. The molecular formula is C11H20N2O3. The summed E-state index contributed by atoms with van der Waals surface area (Å²) < 4.78 is 4.94. The molecule has 1 rings (SSSR count). The molecule has 5 heteroatoms. The van der Waals surface area contributed by atoms with E-state index in [1.807, 2.05) is 13.8 Å². The van der Waals surface area contributed by atoms with Crippen molar-refractivity contribution < 1.29 is 14.3 Å². The average Bonchev–Trinajstić information content (AvgIpc) is 2.98. The number of hydrogen-bond acceptors (Lipinski definition) is 4. The second-order valence-corrected chi connectivity index (χ2v) is 4.28. The van der Waals surface area contributed by atoms with Crippen LogP contribution in [0.1, 0.15) is 26.7 Å². The fourth-order valence-electron chi connectivity index (χ4n) is 1.26. The molecular weight excluding hydrogens is 208 g/mol. The van der Waals surface area contributed by atoms with E-state index in [9.17, 15) is 9.59 Å². The predicted molar refractivity (Wildman–Crippen MR) is 59.8 cm³/mol. The zero-order chi connectivity index (χ0) is 12.0. The molecule has 1 aliphatic carbocycles. The van der Waals surface area contributed by atoms with Gasteiger partial charge in [-0.15, -0.1) is 0 Å². The standard InChI is InChI=1S/C11H20N2O3/c1-8(2)16-10(14)7-12-5-6-13-11(15)9-3-4-9/h8-9,12H,3-7H2,1-2H3,(H,13,15). The van der Waals surface area contributed by atoms with Gasteiger partial charge in [-0.25, -0.2) is 0 Å². The van der Waals surface area contributed by atoms with E-state index in [-0.39, 0.29) is 30.4 Å². The number of carbonyl (C=O) groups is 2. The molecule has 1 amide bonds. The molecule has 0 aromatic rings. The van der Waals surface area contributed by atoms with Crippen molar-refractivity contribution >= 4 is 11.9 Å². The molecule has 0 atom stereocenters. The van der Waals surface area contributed by atoms with Gasteiger partial charge in [-0.2, -0.15) is 0 Å². The van der Waals surface area contributed by atoms with Gasteiger partial charge in [-0.05, 0) is 26.7 Å². The van der Waals surface area contributed by atoms with Gasteiger partial charge < -0.3 is 15.4 Å². The number of amides is 1. The minimum Gasteiger partial charge on any atom is -0.462 e.